The van der Waals surface area contributed by atoms with Crippen molar-refractivity contribution in [3.8, 4) is 23.7 Å². The van der Waals surface area contributed by atoms with E-state index in [2.05, 4.69) is 34.3 Å². The highest BCUT2D eigenvalue weighted by Crippen LogP contribution is 2.53. The second-order valence-electron chi connectivity index (χ2n) is 16.2. The minimum Gasteiger partial charge on any atom is -0.449 e. The number of carbonyl (C=O) groups excluding carboxylic acids is 2. The maximum atomic E-state index is 11.9. The molecule has 66 heavy (non-hydrogen) atoms. The summed E-state index contributed by atoms with van der Waals surface area (Å²) >= 11 is 0. The SMILES string of the molecule is O=C(NCCOCCOCCOCCOCCOCCOCCOCCOCCOCCOCCOCCOCCNC(=O)OCC1C2CCC#CCCC21)OCC1C2CCC#CCCC21. The highest BCUT2D eigenvalue weighted by molar-refractivity contribution is 5.67. The van der Waals surface area contributed by atoms with Crippen molar-refractivity contribution in [2.24, 2.45) is 35.5 Å². The number of nitrogens with one attached hydrogen (secondary N) is 2. The van der Waals surface area contributed by atoms with Crippen molar-refractivity contribution in [2.75, 3.05) is 185 Å². The number of hydrogen-bond donors (Lipinski definition) is 2. The lowest BCUT2D eigenvalue weighted by molar-refractivity contribution is -0.0283. The van der Waals surface area contributed by atoms with E-state index >= 15 is 0 Å². The summed E-state index contributed by atoms with van der Waals surface area (Å²) in [7, 11) is 0. The summed E-state index contributed by atoms with van der Waals surface area (Å²) in [4.78, 5) is 23.9. The fourth-order valence-corrected chi connectivity index (χ4v) is 7.98. The van der Waals surface area contributed by atoms with Crippen molar-refractivity contribution in [3.63, 3.8) is 0 Å². The van der Waals surface area contributed by atoms with Crippen molar-refractivity contribution >= 4 is 12.2 Å². The van der Waals surface area contributed by atoms with Gasteiger partial charge in [0, 0.05) is 38.8 Å². The van der Waals surface area contributed by atoms with Gasteiger partial charge in [-0.1, -0.05) is 0 Å². The predicted molar refractivity (Wildman–Crippen MR) is 242 cm³/mol. The number of alkyl carbamates (subject to hydrolysis) is 2. The smallest absolute Gasteiger partial charge is 0.407 e. The lowest BCUT2D eigenvalue weighted by Crippen LogP contribution is -2.29. The van der Waals surface area contributed by atoms with Crippen LogP contribution in [-0.4, -0.2) is 197 Å². The van der Waals surface area contributed by atoms with Crippen molar-refractivity contribution in [3.05, 3.63) is 0 Å². The number of rotatable bonds is 43. The molecular formula is C48H80N2O16. The molecule has 4 aliphatic rings. The Balaban J connectivity index is 0.722. The van der Waals surface area contributed by atoms with Crippen LogP contribution in [0.3, 0.4) is 0 Å². The third-order valence-electron chi connectivity index (χ3n) is 11.6. The van der Waals surface area contributed by atoms with Gasteiger partial charge in [-0.05, 0) is 61.2 Å². The zero-order valence-electron chi connectivity index (χ0n) is 39.5. The number of carbonyl (C=O) groups is 2. The monoisotopic (exact) mass is 941 g/mol. The molecular weight excluding hydrogens is 861 g/mol. The Bertz CT molecular complexity index is 1220. The van der Waals surface area contributed by atoms with E-state index in [-0.39, 0.29) is 12.2 Å². The Hall–Kier alpha value is -2.82. The van der Waals surface area contributed by atoms with Crippen LogP contribution < -0.4 is 10.6 Å². The van der Waals surface area contributed by atoms with Gasteiger partial charge in [0.25, 0.3) is 0 Å². The molecule has 4 aliphatic carbocycles. The van der Waals surface area contributed by atoms with E-state index in [0.717, 1.165) is 51.4 Å². The van der Waals surface area contributed by atoms with Crippen LogP contribution >= 0.6 is 0 Å². The van der Waals surface area contributed by atoms with E-state index in [0.29, 0.717) is 220 Å². The standard InChI is InChI=1S/C48H80N2O16/c51-47(65-39-45-41-9-5-1-2-6-10-42(41)45)49-13-15-53-17-19-55-21-23-57-25-27-59-29-31-61-33-35-63-37-38-64-36-34-62-32-30-60-28-26-58-24-22-56-20-18-54-16-14-50-48(52)66-40-46-43-11-7-3-4-8-12-44(43)46/h41-46H,5-40H2,(H,49,51)(H,50,52). The number of amides is 2. The number of fused-ring (bicyclic) bond motifs is 2. The molecule has 0 radical (unpaired) electrons. The summed E-state index contributed by atoms with van der Waals surface area (Å²) in [5.41, 5.74) is 0. The molecule has 2 N–H and O–H groups in total. The van der Waals surface area contributed by atoms with Gasteiger partial charge in [0.1, 0.15) is 0 Å². The molecule has 0 aromatic carbocycles. The molecule has 0 aliphatic heterocycles. The fourth-order valence-electron chi connectivity index (χ4n) is 7.98. The molecule has 4 rings (SSSR count). The molecule has 0 bridgehead atoms. The minimum atomic E-state index is -0.384. The zero-order chi connectivity index (χ0) is 46.2. The second-order valence-corrected chi connectivity index (χ2v) is 16.2. The summed E-state index contributed by atoms with van der Waals surface area (Å²) in [5.74, 6) is 16.5. The fraction of sp³-hybridized carbons (Fsp3) is 0.875. The Morgan fingerprint density at radius 2 is 0.515 bits per heavy atom. The first kappa shape index (κ1) is 55.8. The van der Waals surface area contributed by atoms with Crippen LogP contribution in [0.25, 0.3) is 0 Å². The Morgan fingerprint density at radius 1 is 0.318 bits per heavy atom. The topological polar surface area (TPSA) is 187 Å². The van der Waals surface area contributed by atoms with Crippen LogP contribution in [0.15, 0.2) is 0 Å². The van der Waals surface area contributed by atoms with Gasteiger partial charge in [-0.25, -0.2) is 9.59 Å². The average Bonchev–Trinajstić information content (AvgIpc) is 4.18. The minimum absolute atomic E-state index is 0.384. The quantitative estimate of drug-likeness (QED) is 0.0668. The summed E-state index contributed by atoms with van der Waals surface area (Å²) in [6.45, 7) is 13.0. The van der Waals surface area contributed by atoms with E-state index in [1.807, 2.05) is 0 Å². The molecule has 0 heterocycles. The van der Waals surface area contributed by atoms with Gasteiger partial charge < -0.3 is 76.9 Å². The van der Waals surface area contributed by atoms with Crippen molar-refractivity contribution in [2.45, 2.75) is 51.4 Å². The maximum absolute atomic E-state index is 11.9. The van der Waals surface area contributed by atoms with Gasteiger partial charge >= 0.3 is 12.2 Å². The van der Waals surface area contributed by atoms with Crippen molar-refractivity contribution in [1.82, 2.24) is 10.6 Å². The first-order valence-electron chi connectivity index (χ1n) is 24.4. The second kappa shape index (κ2) is 39.1. The third-order valence-corrected chi connectivity index (χ3v) is 11.6. The lowest BCUT2D eigenvalue weighted by Gasteiger charge is -2.09. The van der Waals surface area contributed by atoms with Crippen molar-refractivity contribution in [1.29, 1.82) is 0 Å². The normalized spacial score (nSPS) is 21.6. The van der Waals surface area contributed by atoms with Gasteiger partial charge in [-0.3, -0.25) is 0 Å². The summed E-state index contributed by atoms with van der Waals surface area (Å²) in [6, 6.07) is 0. The molecule has 0 spiro atoms. The van der Waals surface area contributed by atoms with Crippen LogP contribution in [0, 0.1) is 59.2 Å². The zero-order valence-corrected chi connectivity index (χ0v) is 39.5. The molecule has 2 fully saturated rings. The summed E-state index contributed by atoms with van der Waals surface area (Å²) in [6.07, 6.45) is 7.55. The van der Waals surface area contributed by atoms with Gasteiger partial charge in [0.2, 0.25) is 0 Å². The van der Waals surface area contributed by atoms with Gasteiger partial charge in [-0.2, -0.15) is 0 Å². The highest BCUT2D eigenvalue weighted by atomic mass is 16.6. The van der Waals surface area contributed by atoms with Crippen molar-refractivity contribution < 1.29 is 75.9 Å². The maximum Gasteiger partial charge on any atom is 0.407 e. The van der Waals surface area contributed by atoms with Crippen LogP contribution in [0.2, 0.25) is 0 Å². The molecule has 18 heteroatoms. The first-order chi connectivity index (χ1) is 32.7. The lowest BCUT2D eigenvalue weighted by atomic mass is 10.1. The molecule has 4 unspecified atom stereocenters. The Kier molecular flexibility index (Phi) is 33.0. The number of ether oxygens (including phenoxy) is 14. The molecule has 2 saturated carbocycles. The molecule has 0 aromatic heterocycles. The molecule has 2 amide bonds. The molecule has 0 saturated heterocycles. The highest BCUT2D eigenvalue weighted by Gasteiger charge is 2.50. The predicted octanol–water partition coefficient (Wildman–Crippen LogP) is 3.52. The summed E-state index contributed by atoms with van der Waals surface area (Å²) in [5, 5.41) is 5.48. The van der Waals surface area contributed by atoms with Crippen LogP contribution in [0.5, 0.6) is 0 Å². The molecule has 378 valence electrons. The molecule has 4 atom stereocenters. The van der Waals surface area contributed by atoms with Crippen LogP contribution in [0.1, 0.15) is 51.4 Å². The molecule has 18 nitrogen and oxygen atoms in total. The van der Waals surface area contributed by atoms with E-state index in [1.165, 1.54) is 0 Å². The number of hydrogen-bond acceptors (Lipinski definition) is 16. The van der Waals surface area contributed by atoms with Crippen LogP contribution in [0.4, 0.5) is 9.59 Å². The van der Waals surface area contributed by atoms with Gasteiger partial charge in [0.05, 0.1) is 172 Å². The van der Waals surface area contributed by atoms with E-state index in [1.54, 1.807) is 0 Å². The Morgan fingerprint density at radius 3 is 0.727 bits per heavy atom. The van der Waals surface area contributed by atoms with E-state index in [4.69, 9.17) is 66.3 Å². The van der Waals surface area contributed by atoms with Gasteiger partial charge in [0.15, 0.2) is 0 Å². The Labute approximate surface area is 393 Å². The largest absolute Gasteiger partial charge is 0.449 e. The van der Waals surface area contributed by atoms with Crippen LogP contribution in [-0.2, 0) is 66.3 Å². The van der Waals surface area contributed by atoms with E-state index in [9.17, 15) is 9.59 Å². The molecule has 0 aromatic rings. The van der Waals surface area contributed by atoms with E-state index < -0.39 is 0 Å². The summed E-state index contributed by atoms with van der Waals surface area (Å²) < 4.78 is 76.9. The average molecular weight is 941 g/mol. The third kappa shape index (κ3) is 28.5. The van der Waals surface area contributed by atoms with Gasteiger partial charge in [-0.15, -0.1) is 23.7 Å². The first-order valence-corrected chi connectivity index (χ1v) is 24.4.